The highest BCUT2D eigenvalue weighted by Crippen LogP contribution is 2.26. The Labute approximate surface area is 170 Å². The van der Waals surface area contributed by atoms with Gasteiger partial charge in [0, 0.05) is 17.8 Å². The first-order valence-electron chi connectivity index (χ1n) is 9.74. The average molecular weight is 390 g/mol. The number of carbonyl (C=O) groups is 2. The Bertz CT molecular complexity index is 991. The molecule has 2 aromatic carbocycles. The average Bonchev–Trinajstić information content (AvgIpc) is 3.17. The summed E-state index contributed by atoms with van der Waals surface area (Å²) in [6, 6.07) is 17.5. The molecule has 0 saturated heterocycles. The van der Waals surface area contributed by atoms with Crippen LogP contribution in [-0.4, -0.2) is 39.1 Å². The Morgan fingerprint density at radius 2 is 1.72 bits per heavy atom. The van der Waals surface area contributed by atoms with E-state index in [1.54, 1.807) is 10.9 Å². The molecule has 0 radical (unpaired) electrons. The van der Waals surface area contributed by atoms with E-state index in [0.29, 0.717) is 11.3 Å². The summed E-state index contributed by atoms with van der Waals surface area (Å²) in [5, 5.41) is 4.70. The number of rotatable bonds is 7. The summed E-state index contributed by atoms with van der Waals surface area (Å²) in [6.07, 6.45) is 2.65. The lowest BCUT2D eigenvalue weighted by molar-refractivity contribution is -0.119. The van der Waals surface area contributed by atoms with Gasteiger partial charge in [-0.3, -0.25) is 9.59 Å². The van der Waals surface area contributed by atoms with Crippen molar-refractivity contribution in [3.05, 3.63) is 71.9 Å². The van der Waals surface area contributed by atoms with Gasteiger partial charge in [-0.2, -0.15) is 5.10 Å². The summed E-state index contributed by atoms with van der Waals surface area (Å²) in [7, 11) is 0. The van der Waals surface area contributed by atoms with Gasteiger partial charge in [-0.25, -0.2) is 4.68 Å². The van der Waals surface area contributed by atoms with Crippen LogP contribution < -0.4 is 5.73 Å². The third kappa shape index (κ3) is 4.54. The van der Waals surface area contributed by atoms with Crippen molar-refractivity contribution >= 4 is 11.8 Å². The minimum absolute atomic E-state index is 0.138. The van der Waals surface area contributed by atoms with Crippen LogP contribution in [0.3, 0.4) is 0 Å². The number of aromatic nitrogens is 2. The molecule has 0 aliphatic rings. The molecule has 2 N–H and O–H groups in total. The number of nitrogens with two attached hydrogens (primary N) is 1. The van der Waals surface area contributed by atoms with Gasteiger partial charge < -0.3 is 10.6 Å². The van der Waals surface area contributed by atoms with Crippen molar-refractivity contribution in [2.45, 2.75) is 33.2 Å². The van der Waals surface area contributed by atoms with Gasteiger partial charge in [0.2, 0.25) is 5.91 Å². The van der Waals surface area contributed by atoms with E-state index in [1.807, 2.05) is 68.4 Å². The molecule has 0 bridgehead atoms. The van der Waals surface area contributed by atoms with Crippen molar-refractivity contribution in [3.8, 4) is 16.9 Å². The van der Waals surface area contributed by atoms with Crippen LogP contribution in [0.25, 0.3) is 16.9 Å². The van der Waals surface area contributed by atoms with Gasteiger partial charge in [0.15, 0.2) is 0 Å². The first-order valence-corrected chi connectivity index (χ1v) is 9.74. The van der Waals surface area contributed by atoms with Gasteiger partial charge in [-0.05, 0) is 38.0 Å². The molecular formula is C23H26N4O2. The molecule has 1 aromatic heterocycles. The van der Waals surface area contributed by atoms with E-state index in [9.17, 15) is 9.59 Å². The number of carbonyl (C=O) groups excluding carboxylic acids is 2. The smallest absolute Gasteiger partial charge is 0.258 e. The normalized spacial score (nSPS) is 10.9. The molecule has 2 amide bonds. The molecule has 0 atom stereocenters. The topological polar surface area (TPSA) is 81.2 Å². The molecule has 1 heterocycles. The van der Waals surface area contributed by atoms with Crippen molar-refractivity contribution in [1.29, 1.82) is 0 Å². The number of amides is 2. The summed E-state index contributed by atoms with van der Waals surface area (Å²) in [5.74, 6) is -0.813. The van der Waals surface area contributed by atoms with Crippen LogP contribution in [0.5, 0.6) is 0 Å². The molecule has 6 heteroatoms. The van der Waals surface area contributed by atoms with Crippen LogP contribution >= 0.6 is 0 Å². The molecule has 29 heavy (non-hydrogen) atoms. The Balaban J connectivity index is 2.11. The van der Waals surface area contributed by atoms with Crippen LogP contribution in [0.2, 0.25) is 0 Å². The third-order valence-electron chi connectivity index (χ3n) is 4.81. The van der Waals surface area contributed by atoms with Crippen molar-refractivity contribution < 1.29 is 9.59 Å². The number of aryl methyl sites for hydroxylation is 1. The second-order valence-corrected chi connectivity index (χ2v) is 7.22. The maximum absolute atomic E-state index is 13.3. The van der Waals surface area contributed by atoms with E-state index in [4.69, 9.17) is 10.8 Å². The number of hydrogen-bond acceptors (Lipinski definition) is 3. The zero-order valence-corrected chi connectivity index (χ0v) is 17.0. The zero-order chi connectivity index (χ0) is 21.0. The minimum Gasteiger partial charge on any atom is -0.368 e. The first kappa shape index (κ1) is 20.3. The van der Waals surface area contributed by atoms with Crippen LogP contribution in [-0.2, 0) is 11.2 Å². The van der Waals surface area contributed by atoms with Gasteiger partial charge in [-0.1, -0.05) is 49.4 Å². The second kappa shape index (κ2) is 8.73. The maximum atomic E-state index is 13.3. The first-order chi connectivity index (χ1) is 13.9. The predicted molar refractivity (Wildman–Crippen MR) is 114 cm³/mol. The lowest BCUT2D eigenvalue weighted by Gasteiger charge is -2.25. The standard InChI is InChI=1S/C23H26N4O2/c1-4-17-10-12-18(13-11-17)22-20(23(29)26(16(2)3)15-21(24)28)14-27(25-22)19-8-6-5-7-9-19/h5-14,16H,4,15H2,1-3H3,(H2,24,28). The van der Waals surface area contributed by atoms with Gasteiger partial charge in [-0.15, -0.1) is 0 Å². The lowest BCUT2D eigenvalue weighted by Crippen LogP contribution is -2.42. The molecule has 3 rings (SSSR count). The molecule has 3 aromatic rings. The van der Waals surface area contributed by atoms with Crippen LogP contribution in [0.4, 0.5) is 0 Å². The monoisotopic (exact) mass is 390 g/mol. The Kier molecular flexibility index (Phi) is 6.12. The Morgan fingerprint density at radius 1 is 1.07 bits per heavy atom. The van der Waals surface area contributed by atoms with Gasteiger partial charge in [0.05, 0.1) is 17.8 Å². The maximum Gasteiger partial charge on any atom is 0.258 e. The Morgan fingerprint density at radius 3 is 2.28 bits per heavy atom. The van der Waals surface area contributed by atoms with E-state index in [2.05, 4.69) is 6.92 Å². The van der Waals surface area contributed by atoms with Crippen LogP contribution in [0.15, 0.2) is 60.8 Å². The summed E-state index contributed by atoms with van der Waals surface area (Å²) in [6.45, 7) is 5.68. The fourth-order valence-electron chi connectivity index (χ4n) is 3.17. The van der Waals surface area contributed by atoms with E-state index >= 15 is 0 Å². The SMILES string of the molecule is CCc1ccc(-c2nn(-c3ccccc3)cc2C(=O)N(CC(N)=O)C(C)C)cc1. The molecule has 0 unspecified atom stereocenters. The van der Waals surface area contributed by atoms with Crippen molar-refractivity contribution in [3.63, 3.8) is 0 Å². The highest BCUT2D eigenvalue weighted by Gasteiger charge is 2.26. The molecule has 0 aliphatic carbocycles. The largest absolute Gasteiger partial charge is 0.368 e. The number of nitrogens with zero attached hydrogens (tertiary/aromatic N) is 3. The number of benzene rings is 2. The molecule has 150 valence electrons. The quantitative estimate of drug-likeness (QED) is 0.671. The highest BCUT2D eigenvalue weighted by molar-refractivity contribution is 6.01. The van der Waals surface area contributed by atoms with Gasteiger partial charge in [0.1, 0.15) is 5.69 Å². The fourth-order valence-corrected chi connectivity index (χ4v) is 3.17. The number of primary amides is 1. The molecule has 0 fully saturated rings. The molecular weight excluding hydrogens is 364 g/mol. The molecule has 6 nitrogen and oxygen atoms in total. The number of hydrogen-bond donors (Lipinski definition) is 1. The fraction of sp³-hybridized carbons (Fsp3) is 0.261. The highest BCUT2D eigenvalue weighted by atomic mass is 16.2. The van der Waals surface area contributed by atoms with Crippen molar-refractivity contribution in [2.75, 3.05) is 6.54 Å². The van der Waals surface area contributed by atoms with E-state index in [1.165, 1.54) is 10.5 Å². The van der Waals surface area contributed by atoms with Crippen LogP contribution in [0.1, 0.15) is 36.7 Å². The lowest BCUT2D eigenvalue weighted by atomic mass is 10.0. The van der Waals surface area contributed by atoms with Gasteiger partial charge in [0.25, 0.3) is 5.91 Å². The summed E-state index contributed by atoms with van der Waals surface area (Å²) < 4.78 is 1.69. The second-order valence-electron chi connectivity index (χ2n) is 7.22. The van der Waals surface area contributed by atoms with E-state index in [0.717, 1.165) is 17.7 Å². The van der Waals surface area contributed by atoms with Crippen molar-refractivity contribution in [2.24, 2.45) is 5.73 Å². The molecule has 0 saturated carbocycles. The summed E-state index contributed by atoms with van der Waals surface area (Å²) in [4.78, 5) is 26.3. The van der Waals surface area contributed by atoms with Gasteiger partial charge >= 0.3 is 0 Å². The van der Waals surface area contributed by atoms with Crippen molar-refractivity contribution in [1.82, 2.24) is 14.7 Å². The summed E-state index contributed by atoms with van der Waals surface area (Å²) >= 11 is 0. The van der Waals surface area contributed by atoms with Crippen LogP contribution in [0, 0.1) is 0 Å². The third-order valence-corrected chi connectivity index (χ3v) is 4.81. The predicted octanol–water partition coefficient (Wildman–Crippen LogP) is 3.44. The minimum atomic E-state index is -0.545. The zero-order valence-electron chi connectivity index (χ0n) is 17.0. The van der Waals surface area contributed by atoms with E-state index in [-0.39, 0.29) is 18.5 Å². The summed E-state index contributed by atoms with van der Waals surface area (Å²) in [5.41, 5.74) is 9.30. The molecule has 0 spiro atoms. The number of para-hydroxylation sites is 1. The Hall–Kier alpha value is -3.41. The van der Waals surface area contributed by atoms with E-state index < -0.39 is 5.91 Å². The molecule has 0 aliphatic heterocycles.